The lowest BCUT2D eigenvalue weighted by Gasteiger charge is -2.46. The largest absolute Gasteiger partial charge is 0.469 e. The highest BCUT2D eigenvalue weighted by atomic mass is 32.2. The summed E-state index contributed by atoms with van der Waals surface area (Å²) in [6.07, 6.45) is -0.144. The number of thioether (sulfide) groups is 1. The lowest BCUT2D eigenvalue weighted by atomic mass is 9.94. The SMILES string of the molecule is COC(=O)C[C@H]1O[C@@H](S[C@@H]2COC[C@H](n3cc(-c4ncc(F)cn4)nn3)[C@H]2O)[C@H](OC)[C@@H](n2cc(-c3cc(F)c(F)c(F)c3)nn2)[C@H]1OC(C)=O. The monoisotopic (exact) mass is 738 g/mol. The van der Waals surface area contributed by atoms with Crippen molar-refractivity contribution in [2.75, 3.05) is 27.4 Å². The second kappa shape index (κ2) is 15.4. The summed E-state index contributed by atoms with van der Waals surface area (Å²) < 4.78 is 86.3. The maximum atomic E-state index is 14.1. The summed E-state index contributed by atoms with van der Waals surface area (Å²) in [5, 5.41) is 27.1. The number of carbonyl (C=O) groups is 2. The Morgan fingerprint density at radius 3 is 2.31 bits per heavy atom. The number of hydrogen-bond donors (Lipinski definition) is 1. The number of halogens is 4. The molecular weight excluding hydrogens is 708 g/mol. The van der Waals surface area contributed by atoms with Crippen molar-refractivity contribution in [3.05, 3.63) is 60.2 Å². The maximum absolute atomic E-state index is 14.1. The van der Waals surface area contributed by atoms with Gasteiger partial charge in [-0.15, -0.1) is 22.0 Å². The van der Waals surface area contributed by atoms with E-state index in [4.69, 9.17) is 23.7 Å². The summed E-state index contributed by atoms with van der Waals surface area (Å²) in [5.41, 5.74) is -0.941. The molecule has 51 heavy (non-hydrogen) atoms. The van der Waals surface area contributed by atoms with Gasteiger partial charge in [-0.25, -0.2) is 36.9 Å². The highest BCUT2D eigenvalue weighted by molar-refractivity contribution is 8.00. The molecule has 2 aliphatic rings. The van der Waals surface area contributed by atoms with Crippen molar-refractivity contribution in [2.24, 2.45) is 0 Å². The Morgan fingerprint density at radius 2 is 1.65 bits per heavy atom. The number of aliphatic hydroxyl groups excluding tert-OH is 1. The molecular formula is C30H30F4N8O8S. The smallest absolute Gasteiger partial charge is 0.308 e. The van der Waals surface area contributed by atoms with Crippen LogP contribution in [0.2, 0.25) is 0 Å². The predicted octanol–water partition coefficient (Wildman–Crippen LogP) is 2.06. The number of aromatic nitrogens is 8. The molecule has 8 atom stereocenters. The van der Waals surface area contributed by atoms with Crippen LogP contribution in [0.1, 0.15) is 25.4 Å². The number of carbonyl (C=O) groups excluding carboxylic acids is 2. The standard InChI is InChI=1S/C30H30F4N8O8S/c1-13(43)49-27-21(6-23(44)46-2)50-30(28(47-3)25(27)42-9-18(37-40-42)14-4-16(32)24(34)17(33)5-14)51-22-12-48-11-20(26(22)45)41-10-19(38-39-41)29-35-7-15(31)8-36-29/h4-5,7-10,20-22,25-28,30,45H,6,11-12H2,1-3H3/t20-,21+,22+,25-,26+,27-,28+,30-/m0/s1. The molecule has 0 spiro atoms. The van der Waals surface area contributed by atoms with E-state index < -0.39 is 82.4 Å². The fourth-order valence-electron chi connectivity index (χ4n) is 5.82. The van der Waals surface area contributed by atoms with Crippen LogP contribution < -0.4 is 0 Å². The van der Waals surface area contributed by atoms with Gasteiger partial charge < -0.3 is 28.8 Å². The van der Waals surface area contributed by atoms with Gasteiger partial charge in [-0.05, 0) is 12.1 Å². The Kier molecular flexibility index (Phi) is 10.9. The van der Waals surface area contributed by atoms with Crippen molar-refractivity contribution in [3.8, 4) is 22.8 Å². The molecule has 3 aromatic heterocycles. The second-order valence-electron chi connectivity index (χ2n) is 11.5. The van der Waals surface area contributed by atoms with Crippen LogP contribution in [-0.2, 0) is 33.3 Å². The Morgan fingerprint density at radius 1 is 0.980 bits per heavy atom. The third-order valence-electron chi connectivity index (χ3n) is 8.24. The molecule has 2 fully saturated rings. The normalized spacial score (nSPS) is 26.5. The number of esters is 2. The molecule has 0 radical (unpaired) electrons. The fourth-order valence-corrected chi connectivity index (χ4v) is 7.32. The van der Waals surface area contributed by atoms with E-state index in [9.17, 15) is 32.3 Å². The zero-order valence-electron chi connectivity index (χ0n) is 27.0. The van der Waals surface area contributed by atoms with E-state index in [0.717, 1.165) is 43.2 Å². The number of hydrogen-bond acceptors (Lipinski definition) is 15. The lowest BCUT2D eigenvalue weighted by molar-refractivity contribution is -0.203. The number of methoxy groups -OCH3 is 2. The minimum Gasteiger partial charge on any atom is -0.469 e. The zero-order valence-corrected chi connectivity index (χ0v) is 27.8. The summed E-state index contributed by atoms with van der Waals surface area (Å²) in [5.74, 6) is -6.47. The van der Waals surface area contributed by atoms with Gasteiger partial charge in [-0.3, -0.25) is 9.59 Å². The van der Waals surface area contributed by atoms with Gasteiger partial charge in [-0.2, -0.15) is 0 Å². The highest BCUT2D eigenvalue weighted by Crippen LogP contribution is 2.43. The average Bonchev–Trinajstić information content (AvgIpc) is 3.80. The van der Waals surface area contributed by atoms with Gasteiger partial charge in [-0.1, -0.05) is 10.4 Å². The van der Waals surface area contributed by atoms with E-state index in [1.165, 1.54) is 36.0 Å². The van der Waals surface area contributed by atoms with Crippen molar-refractivity contribution in [1.82, 2.24) is 40.0 Å². The van der Waals surface area contributed by atoms with Gasteiger partial charge in [0.25, 0.3) is 0 Å². The molecule has 0 amide bonds. The third kappa shape index (κ3) is 7.71. The Balaban J connectivity index is 1.30. The average molecular weight is 739 g/mol. The van der Waals surface area contributed by atoms with E-state index in [2.05, 4.69) is 30.6 Å². The van der Waals surface area contributed by atoms with Gasteiger partial charge in [0.05, 0.1) is 62.9 Å². The number of aliphatic hydroxyl groups is 1. The van der Waals surface area contributed by atoms with Crippen LogP contribution in [0.4, 0.5) is 17.6 Å². The van der Waals surface area contributed by atoms with E-state index >= 15 is 0 Å². The molecule has 0 bridgehead atoms. The lowest BCUT2D eigenvalue weighted by Crippen LogP contribution is -2.57. The first-order valence-electron chi connectivity index (χ1n) is 15.3. The first kappa shape index (κ1) is 36.2. The fraction of sp³-hybridized carbons (Fsp3) is 0.467. The van der Waals surface area contributed by atoms with Crippen LogP contribution in [0, 0.1) is 23.3 Å². The molecule has 4 aromatic rings. The second-order valence-corrected chi connectivity index (χ2v) is 12.8. The molecule has 1 aromatic carbocycles. The minimum absolute atomic E-state index is 0.0517. The molecule has 2 saturated heterocycles. The van der Waals surface area contributed by atoms with Gasteiger partial charge in [0.1, 0.15) is 41.1 Å². The van der Waals surface area contributed by atoms with Gasteiger partial charge in [0.2, 0.25) is 0 Å². The quantitative estimate of drug-likeness (QED) is 0.141. The van der Waals surface area contributed by atoms with Crippen molar-refractivity contribution < 1.29 is 55.9 Å². The maximum Gasteiger partial charge on any atom is 0.308 e. The van der Waals surface area contributed by atoms with Crippen LogP contribution in [0.25, 0.3) is 22.8 Å². The predicted molar refractivity (Wildman–Crippen MR) is 164 cm³/mol. The molecule has 21 heteroatoms. The van der Waals surface area contributed by atoms with E-state index in [1.807, 2.05) is 0 Å². The van der Waals surface area contributed by atoms with Crippen LogP contribution in [0.3, 0.4) is 0 Å². The molecule has 5 heterocycles. The summed E-state index contributed by atoms with van der Waals surface area (Å²) in [6, 6.07) is -0.314. The summed E-state index contributed by atoms with van der Waals surface area (Å²) in [4.78, 5) is 32.7. The van der Waals surface area contributed by atoms with E-state index in [1.54, 1.807) is 0 Å². The van der Waals surface area contributed by atoms with Crippen molar-refractivity contribution >= 4 is 23.7 Å². The van der Waals surface area contributed by atoms with Gasteiger partial charge in [0.15, 0.2) is 35.2 Å². The Labute approximate surface area is 290 Å². The Hall–Kier alpha value is -4.57. The number of ether oxygens (including phenoxy) is 5. The Bertz CT molecular complexity index is 1850. The molecule has 2 aliphatic heterocycles. The van der Waals surface area contributed by atoms with Crippen LogP contribution >= 0.6 is 11.8 Å². The van der Waals surface area contributed by atoms with Crippen LogP contribution in [0.5, 0.6) is 0 Å². The molecule has 6 rings (SSSR count). The number of benzene rings is 1. The molecule has 16 nitrogen and oxygen atoms in total. The molecule has 0 unspecified atom stereocenters. The van der Waals surface area contributed by atoms with Crippen LogP contribution in [0.15, 0.2) is 36.9 Å². The highest BCUT2D eigenvalue weighted by Gasteiger charge is 2.52. The van der Waals surface area contributed by atoms with E-state index in [0.29, 0.717) is 0 Å². The van der Waals surface area contributed by atoms with Gasteiger partial charge in [0, 0.05) is 19.6 Å². The van der Waals surface area contributed by atoms with Crippen molar-refractivity contribution in [3.63, 3.8) is 0 Å². The van der Waals surface area contributed by atoms with Crippen molar-refractivity contribution in [1.29, 1.82) is 0 Å². The number of nitrogens with zero attached hydrogens (tertiary/aromatic N) is 8. The molecule has 0 aliphatic carbocycles. The molecule has 272 valence electrons. The van der Waals surface area contributed by atoms with Crippen molar-refractivity contribution in [2.45, 2.75) is 60.5 Å². The van der Waals surface area contributed by atoms with Gasteiger partial charge >= 0.3 is 11.9 Å². The third-order valence-corrected chi connectivity index (χ3v) is 9.65. The summed E-state index contributed by atoms with van der Waals surface area (Å²) >= 11 is 1.11. The molecule has 1 N–H and O–H groups in total. The summed E-state index contributed by atoms with van der Waals surface area (Å²) in [7, 11) is 2.53. The first-order valence-corrected chi connectivity index (χ1v) is 16.2. The topological polar surface area (TPSA) is 188 Å². The van der Waals surface area contributed by atoms with Crippen LogP contribution in [-0.4, -0.2) is 120 Å². The number of rotatable bonds is 10. The minimum atomic E-state index is -1.65. The summed E-state index contributed by atoms with van der Waals surface area (Å²) in [6.45, 7) is 1.26. The van der Waals surface area contributed by atoms with E-state index in [-0.39, 0.29) is 42.4 Å². The molecule has 0 saturated carbocycles. The zero-order chi connectivity index (χ0) is 36.4. The first-order chi connectivity index (χ1) is 24.5.